The van der Waals surface area contributed by atoms with E-state index in [9.17, 15) is 0 Å². The highest BCUT2D eigenvalue weighted by Crippen LogP contribution is 2.16. The fraction of sp³-hybridized carbons (Fsp3) is 0.467. The summed E-state index contributed by atoms with van der Waals surface area (Å²) in [5.74, 6) is 0. The fourth-order valence-electron chi connectivity index (χ4n) is 1.78. The maximum Gasteiger partial charge on any atom is 0.0291 e. The topological polar surface area (TPSA) is 12.0 Å². The molecule has 0 fully saturated rings. The molecule has 1 unspecified atom stereocenters. The van der Waals surface area contributed by atoms with Gasteiger partial charge in [-0.25, -0.2) is 0 Å². The first-order valence-electron chi connectivity index (χ1n) is 6.34. The van der Waals surface area contributed by atoms with Crippen molar-refractivity contribution in [3.05, 3.63) is 47.0 Å². The third-order valence-corrected chi connectivity index (χ3v) is 3.43. The van der Waals surface area contributed by atoms with Crippen LogP contribution in [0, 0.1) is 0 Å². The standard InChI is InChI=1S/C15H22BrN/c1-3-4-5-6-7-12-17-13(2)14-8-10-15(16)11-9-14/h3,8-11,13,17H,1,4-7,12H2,2H3. The van der Waals surface area contributed by atoms with E-state index in [1.807, 2.05) is 6.08 Å². The largest absolute Gasteiger partial charge is 0.310 e. The van der Waals surface area contributed by atoms with Gasteiger partial charge in [-0.3, -0.25) is 0 Å². The molecule has 0 saturated heterocycles. The van der Waals surface area contributed by atoms with E-state index >= 15 is 0 Å². The molecule has 1 N–H and O–H groups in total. The lowest BCUT2D eigenvalue weighted by Gasteiger charge is -2.14. The molecule has 1 aromatic rings. The van der Waals surface area contributed by atoms with Crippen LogP contribution in [0.1, 0.15) is 44.2 Å². The molecule has 0 radical (unpaired) electrons. The zero-order chi connectivity index (χ0) is 12.5. The first kappa shape index (κ1) is 14.5. The van der Waals surface area contributed by atoms with Crippen LogP contribution in [0.5, 0.6) is 0 Å². The van der Waals surface area contributed by atoms with Gasteiger partial charge in [-0.2, -0.15) is 0 Å². The van der Waals surface area contributed by atoms with Crippen molar-refractivity contribution in [3.63, 3.8) is 0 Å². The van der Waals surface area contributed by atoms with Crippen LogP contribution in [0.3, 0.4) is 0 Å². The predicted octanol–water partition coefficient (Wildman–Crippen LogP) is 4.85. The molecule has 1 rings (SSSR count). The van der Waals surface area contributed by atoms with E-state index in [0.29, 0.717) is 6.04 Å². The van der Waals surface area contributed by atoms with Gasteiger partial charge in [-0.1, -0.05) is 40.6 Å². The summed E-state index contributed by atoms with van der Waals surface area (Å²) in [6.07, 6.45) is 6.93. The first-order valence-corrected chi connectivity index (χ1v) is 7.13. The van der Waals surface area contributed by atoms with Crippen molar-refractivity contribution in [1.82, 2.24) is 5.32 Å². The second-order valence-corrected chi connectivity index (χ2v) is 5.28. The Bertz CT molecular complexity index is 318. The summed E-state index contributed by atoms with van der Waals surface area (Å²) in [5, 5.41) is 3.55. The molecule has 0 aliphatic heterocycles. The minimum absolute atomic E-state index is 0.433. The molecule has 0 bridgehead atoms. The SMILES string of the molecule is C=CCCCCCNC(C)c1ccc(Br)cc1. The Morgan fingerprint density at radius 1 is 1.24 bits per heavy atom. The average molecular weight is 296 g/mol. The Kier molecular flexibility index (Phi) is 7.22. The van der Waals surface area contributed by atoms with E-state index in [0.717, 1.165) is 17.4 Å². The minimum atomic E-state index is 0.433. The average Bonchev–Trinajstić information content (AvgIpc) is 2.34. The van der Waals surface area contributed by atoms with E-state index in [1.165, 1.54) is 24.8 Å². The Balaban J connectivity index is 2.18. The number of nitrogens with one attached hydrogen (secondary N) is 1. The number of halogens is 1. The monoisotopic (exact) mass is 295 g/mol. The van der Waals surface area contributed by atoms with Crippen LogP contribution in [-0.2, 0) is 0 Å². The van der Waals surface area contributed by atoms with E-state index in [1.54, 1.807) is 0 Å². The Hall–Kier alpha value is -0.600. The van der Waals surface area contributed by atoms with Gasteiger partial charge in [0, 0.05) is 10.5 Å². The van der Waals surface area contributed by atoms with Crippen LogP contribution in [0.4, 0.5) is 0 Å². The summed E-state index contributed by atoms with van der Waals surface area (Å²) in [5.41, 5.74) is 1.35. The lowest BCUT2D eigenvalue weighted by Crippen LogP contribution is -2.19. The molecule has 0 saturated carbocycles. The minimum Gasteiger partial charge on any atom is -0.310 e. The van der Waals surface area contributed by atoms with Crippen molar-refractivity contribution in [2.45, 2.75) is 38.6 Å². The van der Waals surface area contributed by atoms with Gasteiger partial charge in [-0.15, -0.1) is 6.58 Å². The summed E-state index contributed by atoms with van der Waals surface area (Å²) in [7, 11) is 0. The van der Waals surface area contributed by atoms with Gasteiger partial charge >= 0.3 is 0 Å². The molecule has 0 spiro atoms. The third-order valence-electron chi connectivity index (χ3n) is 2.91. The number of benzene rings is 1. The van der Waals surface area contributed by atoms with Gasteiger partial charge < -0.3 is 5.32 Å². The fourth-order valence-corrected chi connectivity index (χ4v) is 2.04. The maximum atomic E-state index is 3.73. The summed E-state index contributed by atoms with van der Waals surface area (Å²) < 4.78 is 1.14. The second-order valence-electron chi connectivity index (χ2n) is 4.37. The third kappa shape index (κ3) is 6.04. The summed E-state index contributed by atoms with van der Waals surface area (Å²) in [6, 6.07) is 8.95. The lowest BCUT2D eigenvalue weighted by molar-refractivity contribution is 0.539. The normalized spacial score (nSPS) is 12.4. The number of unbranched alkanes of at least 4 members (excludes halogenated alkanes) is 3. The zero-order valence-corrected chi connectivity index (χ0v) is 12.2. The van der Waals surface area contributed by atoms with Crippen molar-refractivity contribution in [1.29, 1.82) is 0 Å². The molecule has 0 aromatic heterocycles. The van der Waals surface area contributed by atoms with Gasteiger partial charge in [0.2, 0.25) is 0 Å². The molecular weight excluding hydrogens is 274 g/mol. The molecule has 0 amide bonds. The molecule has 1 aromatic carbocycles. The van der Waals surface area contributed by atoms with Crippen LogP contribution in [-0.4, -0.2) is 6.54 Å². The molecule has 2 heteroatoms. The van der Waals surface area contributed by atoms with Gasteiger partial charge in [0.15, 0.2) is 0 Å². The molecule has 0 heterocycles. The molecular formula is C15H22BrN. The van der Waals surface area contributed by atoms with Crippen molar-refractivity contribution >= 4 is 15.9 Å². The quantitative estimate of drug-likeness (QED) is 0.534. The van der Waals surface area contributed by atoms with E-state index in [2.05, 4.69) is 59.0 Å². The lowest BCUT2D eigenvalue weighted by atomic mass is 10.1. The Morgan fingerprint density at radius 3 is 2.59 bits per heavy atom. The highest BCUT2D eigenvalue weighted by Gasteiger charge is 2.03. The first-order chi connectivity index (χ1) is 8.24. The maximum absolute atomic E-state index is 3.73. The molecule has 1 nitrogen and oxygen atoms in total. The van der Waals surface area contributed by atoms with E-state index < -0.39 is 0 Å². The summed E-state index contributed by atoms with van der Waals surface area (Å²) in [6.45, 7) is 7.04. The Labute approximate surface area is 113 Å². The van der Waals surface area contributed by atoms with Gasteiger partial charge in [-0.05, 0) is 50.4 Å². The summed E-state index contributed by atoms with van der Waals surface area (Å²) in [4.78, 5) is 0. The number of hydrogen-bond donors (Lipinski definition) is 1. The molecule has 0 aliphatic carbocycles. The van der Waals surface area contributed by atoms with Gasteiger partial charge in [0.05, 0.1) is 0 Å². The molecule has 94 valence electrons. The molecule has 1 atom stereocenters. The number of rotatable bonds is 8. The van der Waals surface area contributed by atoms with E-state index in [-0.39, 0.29) is 0 Å². The zero-order valence-electron chi connectivity index (χ0n) is 10.6. The van der Waals surface area contributed by atoms with Crippen LogP contribution >= 0.6 is 15.9 Å². The molecule has 17 heavy (non-hydrogen) atoms. The van der Waals surface area contributed by atoms with Crippen LogP contribution in [0.15, 0.2) is 41.4 Å². The smallest absolute Gasteiger partial charge is 0.0291 e. The van der Waals surface area contributed by atoms with Crippen molar-refractivity contribution < 1.29 is 0 Å². The van der Waals surface area contributed by atoms with Crippen molar-refractivity contribution in [2.75, 3.05) is 6.54 Å². The van der Waals surface area contributed by atoms with Crippen molar-refractivity contribution in [3.8, 4) is 0 Å². The summed E-state index contributed by atoms with van der Waals surface area (Å²) >= 11 is 3.45. The van der Waals surface area contributed by atoms with Crippen molar-refractivity contribution in [2.24, 2.45) is 0 Å². The predicted molar refractivity (Wildman–Crippen MR) is 79.2 cm³/mol. The van der Waals surface area contributed by atoms with Gasteiger partial charge in [0.1, 0.15) is 0 Å². The highest BCUT2D eigenvalue weighted by molar-refractivity contribution is 9.10. The number of hydrogen-bond acceptors (Lipinski definition) is 1. The second kappa shape index (κ2) is 8.48. The van der Waals surface area contributed by atoms with Crippen LogP contribution in [0.2, 0.25) is 0 Å². The number of allylic oxidation sites excluding steroid dienone is 1. The highest BCUT2D eigenvalue weighted by atomic mass is 79.9. The van der Waals surface area contributed by atoms with Gasteiger partial charge in [0.25, 0.3) is 0 Å². The Morgan fingerprint density at radius 2 is 1.94 bits per heavy atom. The van der Waals surface area contributed by atoms with Crippen LogP contribution < -0.4 is 5.32 Å². The molecule has 0 aliphatic rings. The van der Waals surface area contributed by atoms with Crippen LogP contribution in [0.25, 0.3) is 0 Å². The van der Waals surface area contributed by atoms with E-state index in [4.69, 9.17) is 0 Å².